The molecule has 2 atom stereocenters. The average Bonchev–Trinajstić information content (AvgIpc) is 2.88. The third kappa shape index (κ3) is 4.53. The highest BCUT2D eigenvalue weighted by Gasteiger charge is 2.48. The zero-order valence-electron chi connectivity index (χ0n) is 14.0. The molecular formula is C16H20F3N3O3S. The second kappa shape index (κ2) is 7.15. The van der Waals surface area contributed by atoms with Crippen molar-refractivity contribution in [3.63, 3.8) is 0 Å². The van der Waals surface area contributed by atoms with Gasteiger partial charge in [0, 0.05) is 38.3 Å². The summed E-state index contributed by atoms with van der Waals surface area (Å²) in [5.41, 5.74) is 0.785. The van der Waals surface area contributed by atoms with Crippen molar-refractivity contribution in [2.24, 2.45) is 0 Å². The largest absolute Gasteiger partial charge is 0.389 e. The quantitative estimate of drug-likeness (QED) is 0.772. The van der Waals surface area contributed by atoms with Gasteiger partial charge < -0.3 is 4.90 Å². The maximum Gasteiger partial charge on any atom is 0.389 e. The van der Waals surface area contributed by atoms with E-state index >= 15 is 0 Å². The van der Waals surface area contributed by atoms with Crippen molar-refractivity contribution in [2.45, 2.75) is 37.6 Å². The molecule has 0 saturated carbocycles. The summed E-state index contributed by atoms with van der Waals surface area (Å²) in [6.07, 6.45) is -4.59. The van der Waals surface area contributed by atoms with Crippen LogP contribution < -0.4 is 0 Å². The number of carbonyl (C=O) groups is 1. The van der Waals surface area contributed by atoms with Crippen molar-refractivity contribution in [1.82, 2.24) is 14.8 Å². The summed E-state index contributed by atoms with van der Waals surface area (Å²) in [6.45, 7) is 1.08. The second-order valence-electron chi connectivity index (χ2n) is 6.71. The van der Waals surface area contributed by atoms with Crippen LogP contribution in [0.5, 0.6) is 0 Å². The molecule has 26 heavy (non-hydrogen) atoms. The molecule has 1 aromatic rings. The summed E-state index contributed by atoms with van der Waals surface area (Å²) in [4.78, 5) is 19.8. The van der Waals surface area contributed by atoms with Crippen LogP contribution in [-0.2, 0) is 21.2 Å². The minimum Gasteiger partial charge on any atom is -0.336 e. The number of halogens is 3. The van der Waals surface area contributed by atoms with Crippen molar-refractivity contribution in [2.75, 3.05) is 24.6 Å². The van der Waals surface area contributed by atoms with E-state index < -0.39 is 46.8 Å². The van der Waals surface area contributed by atoms with Gasteiger partial charge in [-0.3, -0.25) is 14.7 Å². The van der Waals surface area contributed by atoms with E-state index in [4.69, 9.17) is 0 Å². The average molecular weight is 391 g/mol. The molecule has 2 fully saturated rings. The number of alkyl halides is 3. The number of piperazine rings is 1. The van der Waals surface area contributed by atoms with Crippen LogP contribution >= 0.6 is 0 Å². The maximum atomic E-state index is 12.4. The molecule has 0 N–H and O–H groups in total. The normalized spacial score (nSPS) is 25.9. The fraction of sp³-hybridized carbons (Fsp3) is 0.625. The van der Waals surface area contributed by atoms with Crippen LogP contribution in [0.3, 0.4) is 0 Å². The first-order chi connectivity index (χ1) is 12.1. The van der Waals surface area contributed by atoms with Gasteiger partial charge in [0.25, 0.3) is 0 Å². The van der Waals surface area contributed by atoms with E-state index in [9.17, 15) is 26.4 Å². The topological polar surface area (TPSA) is 70.6 Å². The molecule has 0 unspecified atom stereocenters. The van der Waals surface area contributed by atoms with Gasteiger partial charge in [-0.25, -0.2) is 8.42 Å². The Labute approximate surface area is 149 Å². The van der Waals surface area contributed by atoms with Crippen LogP contribution in [0.1, 0.15) is 18.5 Å². The number of hydrogen-bond acceptors (Lipinski definition) is 5. The molecule has 1 amide bonds. The molecule has 0 aromatic carbocycles. The Morgan fingerprint density at radius 3 is 2.58 bits per heavy atom. The van der Waals surface area contributed by atoms with Crippen molar-refractivity contribution in [3.8, 4) is 0 Å². The molecule has 1 aromatic heterocycles. The first-order valence-electron chi connectivity index (χ1n) is 8.35. The highest BCUT2D eigenvalue weighted by atomic mass is 32.2. The van der Waals surface area contributed by atoms with Crippen molar-refractivity contribution in [1.29, 1.82) is 0 Å². The minimum atomic E-state index is -4.41. The first-order valence-corrected chi connectivity index (χ1v) is 10.2. The van der Waals surface area contributed by atoms with E-state index in [2.05, 4.69) is 4.98 Å². The monoisotopic (exact) mass is 391 g/mol. The Hall–Kier alpha value is -1.68. The molecule has 10 heteroatoms. The van der Waals surface area contributed by atoms with Gasteiger partial charge in [-0.15, -0.1) is 0 Å². The van der Waals surface area contributed by atoms with E-state index in [-0.39, 0.29) is 18.1 Å². The molecule has 2 aliphatic heterocycles. The van der Waals surface area contributed by atoms with Gasteiger partial charge in [-0.05, 0) is 12.1 Å². The number of hydrogen-bond donors (Lipinski definition) is 0. The molecule has 6 nitrogen and oxygen atoms in total. The minimum absolute atomic E-state index is 0.0897. The lowest BCUT2D eigenvalue weighted by molar-refractivity contribution is -0.152. The molecule has 0 spiro atoms. The highest BCUT2D eigenvalue weighted by Crippen LogP contribution is 2.29. The van der Waals surface area contributed by atoms with E-state index in [1.54, 1.807) is 12.3 Å². The summed E-state index contributed by atoms with van der Waals surface area (Å²) < 4.78 is 61.4. The lowest BCUT2D eigenvalue weighted by Crippen LogP contribution is -2.60. The van der Waals surface area contributed by atoms with Crippen molar-refractivity contribution < 1.29 is 26.4 Å². The summed E-state index contributed by atoms with van der Waals surface area (Å²) in [6, 6.07) is 4.44. The Morgan fingerprint density at radius 1 is 1.19 bits per heavy atom. The number of sulfone groups is 1. The molecule has 0 bridgehead atoms. The molecule has 2 saturated heterocycles. The molecule has 0 radical (unpaired) electrons. The van der Waals surface area contributed by atoms with E-state index in [1.165, 1.54) is 4.90 Å². The SMILES string of the molecule is O=C(CCC(F)(F)F)N1CCN(Cc2ccccn2)[C@@H]2CS(=O)(=O)C[C@@H]21. The van der Waals surface area contributed by atoms with Gasteiger partial charge in [-0.1, -0.05) is 6.07 Å². The van der Waals surface area contributed by atoms with Crippen LogP contribution in [0.4, 0.5) is 13.2 Å². The van der Waals surface area contributed by atoms with Crippen LogP contribution in [0, 0.1) is 0 Å². The van der Waals surface area contributed by atoms with Crippen LogP contribution in [0.25, 0.3) is 0 Å². The third-order valence-corrected chi connectivity index (χ3v) is 6.52. The predicted octanol–water partition coefficient (Wildman–Crippen LogP) is 1.23. The van der Waals surface area contributed by atoms with Gasteiger partial charge in [0.05, 0.1) is 29.7 Å². The molecule has 3 heterocycles. The van der Waals surface area contributed by atoms with Gasteiger partial charge in [0.15, 0.2) is 9.84 Å². The lowest BCUT2D eigenvalue weighted by Gasteiger charge is -2.43. The van der Waals surface area contributed by atoms with E-state index in [0.29, 0.717) is 13.1 Å². The number of rotatable bonds is 4. The maximum absolute atomic E-state index is 12.4. The summed E-state index contributed by atoms with van der Waals surface area (Å²) in [5, 5.41) is 0. The summed E-state index contributed by atoms with van der Waals surface area (Å²) in [7, 11) is -3.34. The Balaban J connectivity index is 1.73. The standard InChI is InChI=1S/C16H20F3N3O3S/c17-16(18,19)5-4-15(23)22-8-7-21(9-12-3-1-2-6-20-12)13-10-26(24,25)11-14(13)22/h1-3,6,13-14H,4-5,7-11H2/t13-,14+/m1/s1. The van der Waals surface area contributed by atoms with Gasteiger partial charge in [0.1, 0.15) is 0 Å². The summed E-state index contributed by atoms with van der Waals surface area (Å²) >= 11 is 0. The second-order valence-corrected chi connectivity index (χ2v) is 8.86. The smallest absolute Gasteiger partial charge is 0.336 e. The van der Waals surface area contributed by atoms with Gasteiger partial charge >= 0.3 is 6.18 Å². The van der Waals surface area contributed by atoms with Gasteiger partial charge in [-0.2, -0.15) is 13.2 Å². The van der Waals surface area contributed by atoms with E-state index in [0.717, 1.165) is 5.69 Å². The van der Waals surface area contributed by atoms with Crippen molar-refractivity contribution in [3.05, 3.63) is 30.1 Å². The Bertz CT molecular complexity index is 755. The lowest BCUT2D eigenvalue weighted by atomic mass is 10.0. The number of amides is 1. The Morgan fingerprint density at radius 2 is 1.92 bits per heavy atom. The molecule has 3 rings (SSSR count). The number of fused-ring (bicyclic) bond motifs is 1. The van der Waals surface area contributed by atoms with Crippen molar-refractivity contribution >= 4 is 15.7 Å². The third-order valence-electron chi connectivity index (χ3n) is 4.82. The fourth-order valence-electron chi connectivity index (χ4n) is 3.62. The highest BCUT2D eigenvalue weighted by molar-refractivity contribution is 7.91. The first kappa shape index (κ1) is 19.1. The number of aromatic nitrogens is 1. The molecule has 144 valence electrons. The van der Waals surface area contributed by atoms with E-state index in [1.807, 2.05) is 17.0 Å². The zero-order valence-corrected chi connectivity index (χ0v) is 14.8. The predicted molar refractivity (Wildman–Crippen MR) is 87.9 cm³/mol. The van der Waals surface area contributed by atoms with Crippen LogP contribution in [-0.4, -0.2) is 72.0 Å². The fourth-order valence-corrected chi connectivity index (χ4v) is 5.63. The molecule has 0 aliphatic carbocycles. The molecule has 2 aliphatic rings. The molecular weight excluding hydrogens is 371 g/mol. The van der Waals surface area contributed by atoms with Gasteiger partial charge in [0.2, 0.25) is 5.91 Å². The number of carbonyl (C=O) groups excluding carboxylic acids is 1. The van der Waals surface area contributed by atoms with Crippen LogP contribution in [0.15, 0.2) is 24.4 Å². The Kier molecular flexibility index (Phi) is 5.25. The number of pyridine rings is 1. The summed E-state index contributed by atoms with van der Waals surface area (Å²) in [5.74, 6) is -0.922. The number of nitrogens with zero attached hydrogens (tertiary/aromatic N) is 3. The van der Waals surface area contributed by atoms with Crippen LogP contribution in [0.2, 0.25) is 0 Å². The zero-order chi connectivity index (χ0) is 18.9.